The summed E-state index contributed by atoms with van der Waals surface area (Å²) in [7, 11) is 0. The molecule has 0 spiro atoms. The molecule has 1 heterocycles. The summed E-state index contributed by atoms with van der Waals surface area (Å²) in [5, 5.41) is 10.9. The number of aryl methyl sites for hydroxylation is 1. The molecule has 1 atom stereocenters. The Bertz CT molecular complexity index is 1100. The van der Waals surface area contributed by atoms with Crippen molar-refractivity contribution in [1.29, 1.82) is 0 Å². The van der Waals surface area contributed by atoms with Crippen molar-refractivity contribution in [2.24, 2.45) is 5.16 Å². The first-order chi connectivity index (χ1) is 14.2. The van der Waals surface area contributed by atoms with Crippen molar-refractivity contribution in [3.8, 4) is 0 Å². The number of rotatable bonds is 3. The molecule has 0 saturated heterocycles. The summed E-state index contributed by atoms with van der Waals surface area (Å²) < 4.78 is 82.0. The minimum Gasteiger partial charge on any atom is -0.478 e. The maximum atomic E-state index is 14.1. The minimum atomic E-state index is -5.17. The van der Waals surface area contributed by atoms with Crippen molar-refractivity contribution in [2.45, 2.75) is 31.3 Å². The van der Waals surface area contributed by atoms with Crippen LogP contribution >= 0.6 is 23.2 Å². The smallest absolute Gasteiger partial charge is 0.435 e. The predicted molar refractivity (Wildman–Crippen MR) is 99.6 cm³/mol. The van der Waals surface area contributed by atoms with E-state index in [0.29, 0.717) is 6.07 Å². The maximum absolute atomic E-state index is 14.1. The van der Waals surface area contributed by atoms with Gasteiger partial charge in [0.05, 0.1) is 26.9 Å². The first-order valence-corrected chi connectivity index (χ1v) is 9.16. The van der Waals surface area contributed by atoms with Crippen molar-refractivity contribution >= 4 is 34.9 Å². The molecule has 12 heteroatoms. The van der Waals surface area contributed by atoms with Gasteiger partial charge in [0.2, 0.25) is 0 Å². The average molecular weight is 486 g/mol. The molecule has 2 aromatic carbocycles. The zero-order valence-electron chi connectivity index (χ0n) is 15.3. The second-order valence-corrected chi connectivity index (χ2v) is 7.57. The number of aromatic carboxylic acids is 1. The van der Waals surface area contributed by atoms with Gasteiger partial charge in [0, 0.05) is 12.0 Å². The fraction of sp³-hybridized carbons (Fsp3) is 0.263. The molecule has 1 unspecified atom stereocenters. The predicted octanol–water partition coefficient (Wildman–Crippen LogP) is 6.60. The molecule has 3 rings (SSSR count). The van der Waals surface area contributed by atoms with E-state index >= 15 is 0 Å². The Hall–Kier alpha value is -2.46. The molecule has 0 aliphatic carbocycles. The Labute approximate surface area is 181 Å². The first kappa shape index (κ1) is 23.2. The van der Waals surface area contributed by atoms with Crippen molar-refractivity contribution in [1.82, 2.24) is 0 Å². The van der Waals surface area contributed by atoms with Gasteiger partial charge >= 0.3 is 18.3 Å². The van der Waals surface area contributed by atoms with Gasteiger partial charge in [-0.3, -0.25) is 0 Å². The molecule has 0 bridgehead atoms. The average Bonchev–Trinajstić information content (AvgIpc) is 3.09. The largest absolute Gasteiger partial charge is 0.478 e. The van der Waals surface area contributed by atoms with E-state index in [1.807, 2.05) is 0 Å². The van der Waals surface area contributed by atoms with E-state index < -0.39 is 51.5 Å². The quantitative estimate of drug-likeness (QED) is 0.498. The second-order valence-electron chi connectivity index (χ2n) is 6.78. The van der Waals surface area contributed by atoms with Crippen LogP contribution in [-0.2, 0) is 16.6 Å². The van der Waals surface area contributed by atoms with Crippen molar-refractivity contribution in [3.05, 3.63) is 68.2 Å². The number of benzene rings is 2. The van der Waals surface area contributed by atoms with E-state index in [-0.39, 0.29) is 28.5 Å². The molecule has 0 fully saturated rings. The van der Waals surface area contributed by atoms with Gasteiger partial charge in [-0.1, -0.05) is 34.4 Å². The van der Waals surface area contributed by atoms with Crippen LogP contribution in [0.4, 0.5) is 26.3 Å². The summed E-state index contributed by atoms with van der Waals surface area (Å²) in [6, 6.07) is 4.61. The Balaban J connectivity index is 2.10. The lowest BCUT2D eigenvalue weighted by atomic mass is 9.85. The number of hydrogen-bond acceptors (Lipinski definition) is 3. The number of carboxylic acids is 1. The van der Waals surface area contributed by atoms with E-state index in [9.17, 15) is 31.1 Å². The highest BCUT2D eigenvalue weighted by Crippen LogP contribution is 2.51. The fourth-order valence-electron chi connectivity index (χ4n) is 3.17. The Kier molecular flexibility index (Phi) is 5.69. The van der Waals surface area contributed by atoms with Gasteiger partial charge in [0.25, 0.3) is 5.60 Å². The lowest BCUT2D eigenvalue weighted by Crippen LogP contribution is -2.43. The van der Waals surface area contributed by atoms with Gasteiger partial charge in [-0.05, 0) is 42.3 Å². The van der Waals surface area contributed by atoms with Crippen molar-refractivity contribution in [2.75, 3.05) is 0 Å². The first-order valence-electron chi connectivity index (χ1n) is 8.40. The zero-order valence-corrected chi connectivity index (χ0v) is 16.8. The number of nitrogens with zero attached hydrogens (tertiary/aromatic N) is 1. The summed E-state index contributed by atoms with van der Waals surface area (Å²) >= 11 is 11.2. The molecule has 166 valence electrons. The molecule has 1 N–H and O–H groups in total. The van der Waals surface area contributed by atoms with Crippen LogP contribution < -0.4 is 0 Å². The Morgan fingerprint density at radius 3 is 2.29 bits per heavy atom. The summed E-state index contributed by atoms with van der Waals surface area (Å²) in [6.45, 7) is 1.44. The summed E-state index contributed by atoms with van der Waals surface area (Å²) in [4.78, 5) is 15.8. The lowest BCUT2D eigenvalue weighted by Gasteiger charge is -2.30. The Morgan fingerprint density at radius 2 is 1.77 bits per heavy atom. The van der Waals surface area contributed by atoms with E-state index in [1.165, 1.54) is 25.1 Å². The van der Waals surface area contributed by atoms with Gasteiger partial charge in [0.15, 0.2) is 0 Å². The highest BCUT2D eigenvalue weighted by Gasteiger charge is 2.62. The van der Waals surface area contributed by atoms with E-state index in [0.717, 1.165) is 0 Å². The molecular weight excluding hydrogens is 475 g/mol. The second kappa shape index (κ2) is 7.59. The van der Waals surface area contributed by atoms with Crippen LogP contribution in [0.3, 0.4) is 0 Å². The SMILES string of the molecule is Cc1cc(C2=NOC(c3cc(Cl)c(Cl)c(C(F)(F)F)c3)(C(F)(F)F)C2)ccc1C(=O)O. The van der Waals surface area contributed by atoms with E-state index in [1.54, 1.807) is 0 Å². The number of hydrogen-bond donors (Lipinski definition) is 1. The van der Waals surface area contributed by atoms with Crippen LogP contribution in [0.25, 0.3) is 0 Å². The van der Waals surface area contributed by atoms with Gasteiger partial charge in [0.1, 0.15) is 0 Å². The van der Waals surface area contributed by atoms with Gasteiger partial charge in [-0.25, -0.2) is 4.79 Å². The number of carboxylic acid groups (broad SMARTS) is 1. The number of oxime groups is 1. The van der Waals surface area contributed by atoms with Gasteiger partial charge in [-0.2, -0.15) is 26.3 Å². The molecule has 4 nitrogen and oxygen atoms in total. The van der Waals surface area contributed by atoms with Crippen LogP contribution in [-0.4, -0.2) is 23.0 Å². The monoisotopic (exact) mass is 485 g/mol. The highest BCUT2D eigenvalue weighted by atomic mass is 35.5. The third kappa shape index (κ3) is 4.06. The van der Waals surface area contributed by atoms with Crippen LogP contribution in [0, 0.1) is 6.92 Å². The molecule has 0 amide bonds. The van der Waals surface area contributed by atoms with Crippen LogP contribution in [0.15, 0.2) is 35.5 Å². The lowest BCUT2D eigenvalue weighted by molar-refractivity contribution is -0.276. The highest BCUT2D eigenvalue weighted by molar-refractivity contribution is 6.42. The van der Waals surface area contributed by atoms with Gasteiger partial charge < -0.3 is 9.94 Å². The van der Waals surface area contributed by atoms with E-state index in [2.05, 4.69) is 5.16 Å². The zero-order chi connectivity index (χ0) is 23.4. The van der Waals surface area contributed by atoms with Crippen molar-refractivity contribution in [3.63, 3.8) is 0 Å². The van der Waals surface area contributed by atoms with Gasteiger partial charge in [-0.15, -0.1) is 0 Å². The maximum Gasteiger partial charge on any atom is 0.435 e. The summed E-state index contributed by atoms with van der Waals surface area (Å²) in [6.07, 6.45) is -11.2. The molecule has 1 aliphatic rings. The number of alkyl halides is 6. The number of halogens is 8. The summed E-state index contributed by atoms with van der Waals surface area (Å²) in [5.74, 6) is -1.23. The normalized spacial score (nSPS) is 19.2. The summed E-state index contributed by atoms with van der Waals surface area (Å²) in [5.41, 5.74) is -5.61. The van der Waals surface area contributed by atoms with E-state index in [4.69, 9.17) is 33.1 Å². The topological polar surface area (TPSA) is 58.9 Å². The molecular formula is C19H11Cl2F6NO3. The molecule has 0 aromatic heterocycles. The van der Waals surface area contributed by atoms with Crippen molar-refractivity contribution < 1.29 is 41.1 Å². The molecule has 31 heavy (non-hydrogen) atoms. The third-order valence-electron chi connectivity index (χ3n) is 4.78. The Morgan fingerprint density at radius 1 is 1.13 bits per heavy atom. The van der Waals surface area contributed by atoms with Crippen LogP contribution in [0.2, 0.25) is 10.0 Å². The molecule has 0 radical (unpaired) electrons. The molecule has 2 aromatic rings. The molecule has 0 saturated carbocycles. The minimum absolute atomic E-state index is 0.0651. The number of carbonyl (C=O) groups is 1. The molecule has 1 aliphatic heterocycles. The fourth-order valence-corrected chi connectivity index (χ4v) is 3.61. The third-order valence-corrected chi connectivity index (χ3v) is 5.58. The van der Waals surface area contributed by atoms with Crippen LogP contribution in [0.1, 0.15) is 39.0 Å². The van der Waals surface area contributed by atoms with Crippen LogP contribution in [0.5, 0.6) is 0 Å². The standard InChI is InChI=1S/C19H11Cl2F6NO3/c1-8-4-9(2-3-11(8)16(29)30)14-7-17(31-28-14,19(25,26)27)10-5-12(18(22,23)24)15(21)13(20)6-10/h2-6H,7H2,1H3,(H,29,30).